The van der Waals surface area contributed by atoms with Crippen molar-refractivity contribution in [3.63, 3.8) is 0 Å². The maximum Gasteiger partial charge on any atom is 0.319 e. The minimum atomic E-state index is -0.291. The van der Waals surface area contributed by atoms with Crippen LogP contribution in [0, 0.1) is 0 Å². The largest absolute Gasteiger partial charge is 0.341 e. The van der Waals surface area contributed by atoms with E-state index in [1.54, 1.807) is 30.0 Å². The molecule has 1 aromatic carbocycles. The van der Waals surface area contributed by atoms with Crippen molar-refractivity contribution < 1.29 is 9.59 Å². The summed E-state index contributed by atoms with van der Waals surface area (Å²) in [5.74, 6) is 0.0345. The van der Waals surface area contributed by atoms with Crippen molar-refractivity contribution in [3.05, 3.63) is 47.7 Å². The third kappa shape index (κ3) is 3.71. The van der Waals surface area contributed by atoms with Crippen LogP contribution in [0.4, 0.5) is 10.5 Å². The third-order valence-electron chi connectivity index (χ3n) is 4.06. The first-order valence-corrected chi connectivity index (χ1v) is 8.16. The standard InChI is InChI=1S/C17H19ClN4O2/c1-12(23)22-9-6-14(11-22)19-17(24)20-15-5-4-13(18)10-16(15)21-7-2-3-8-21/h2-5,7-8,10,14H,6,9,11H2,1H3,(H2,19,20,24)/t14-/m0/s1. The van der Waals surface area contributed by atoms with Crippen LogP contribution in [-0.4, -0.2) is 40.5 Å². The number of carbonyl (C=O) groups is 2. The van der Waals surface area contributed by atoms with Gasteiger partial charge in [-0.25, -0.2) is 4.79 Å². The predicted molar refractivity (Wildman–Crippen MR) is 93.6 cm³/mol. The van der Waals surface area contributed by atoms with Crippen LogP contribution in [0.25, 0.3) is 5.69 Å². The predicted octanol–water partition coefficient (Wildman–Crippen LogP) is 2.87. The van der Waals surface area contributed by atoms with Gasteiger partial charge in [0.15, 0.2) is 0 Å². The van der Waals surface area contributed by atoms with E-state index in [0.29, 0.717) is 23.8 Å². The highest BCUT2D eigenvalue weighted by Crippen LogP contribution is 2.24. The molecule has 2 aromatic rings. The summed E-state index contributed by atoms with van der Waals surface area (Å²) in [4.78, 5) is 25.4. The van der Waals surface area contributed by atoms with Crippen molar-refractivity contribution in [3.8, 4) is 5.69 Å². The summed E-state index contributed by atoms with van der Waals surface area (Å²) in [5.41, 5.74) is 1.45. The molecule has 1 aliphatic rings. The number of halogens is 1. The van der Waals surface area contributed by atoms with Gasteiger partial charge in [0.2, 0.25) is 5.91 Å². The number of likely N-dealkylation sites (tertiary alicyclic amines) is 1. The summed E-state index contributed by atoms with van der Waals surface area (Å²) >= 11 is 6.07. The van der Waals surface area contributed by atoms with E-state index >= 15 is 0 Å². The molecule has 126 valence electrons. The normalized spacial score (nSPS) is 16.9. The molecule has 1 saturated heterocycles. The molecule has 0 unspecified atom stereocenters. The van der Waals surface area contributed by atoms with Gasteiger partial charge in [-0.05, 0) is 36.8 Å². The van der Waals surface area contributed by atoms with E-state index in [1.165, 1.54) is 0 Å². The van der Waals surface area contributed by atoms with E-state index in [9.17, 15) is 9.59 Å². The number of rotatable bonds is 3. The molecule has 0 bridgehead atoms. The summed E-state index contributed by atoms with van der Waals surface area (Å²) < 4.78 is 1.88. The van der Waals surface area contributed by atoms with Crippen molar-refractivity contribution in [2.75, 3.05) is 18.4 Å². The zero-order valence-corrected chi connectivity index (χ0v) is 14.1. The van der Waals surface area contributed by atoms with Crippen molar-refractivity contribution in [2.45, 2.75) is 19.4 Å². The summed E-state index contributed by atoms with van der Waals surface area (Å²) in [5, 5.41) is 6.37. The Labute approximate surface area is 145 Å². The van der Waals surface area contributed by atoms with Crippen LogP contribution >= 0.6 is 11.6 Å². The first kappa shape index (κ1) is 16.4. The molecule has 3 amide bonds. The Balaban J connectivity index is 1.68. The molecule has 0 radical (unpaired) electrons. The van der Waals surface area contributed by atoms with Gasteiger partial charge < -0.3 is 20.1 Å². The second-order valence-electron chi connectivity index (χ2n) is 5.80. The molecule has 0 aliphatic carbocycles. The van der Waals surface area contributed by atoms with Gasteiger partial charge in [-0.1, -0.05) is 11.6 Å². The van der Waals surface area contributed by atoms with Crippen molar-refractivity contribution in [1.82, 2.24) is 14.8 Å². The topological polar surface area (TPSA) is 66.4 Å². The van der Waals surface area contributed by atoms with Gasteiger partial charge in [0.1, 0.15) is 0 Å². The average molecular weight is 347 g/mol. The van der Waals surface area contributed by atoms with E-state index < -0.39 is 0 Å². The molecule has 24 heavy (non-hydrogen) atoms. The highest BCUT2D eigenvalue weighted by atomic mass is 35.5. The van der Waals surface area contributed by atoms with Gasteiger partial charge in [-0.3, -0.25) is 4.79 Å². The first-order valence-electron chi connectivity index (χ1n) is 7.79. The van der Waals surface area contributed by atoms with Crippen LogP contribution in [0.3, 0.4) is 0 Å². The SMILES string of the molecule is CC(=O)N1CC[C@H](NC(=O)Nc2ccc(Cl)cc2-n2cccc2)C1. The Morgan fingerprint density at radius 3 is 2.67 bits per heavy atom. The zero-order chi connectivity index (χ0) is 17.1. The van der Waals surface area contributed by atoms with Crippen LogP contribution in [0.5, 0.6) is 0 Å². The smallest absolute Gasteiger partial charge is 0.319 e. The number of nitrogens with zero attached hydrogens (tertiary/aromatic N) is 2. The Morgan fingerprint density at radius 1 is 1.25 bits per heavy atom. The molecule has 1 atom stereocenters. The molecule has 7 heteroatoms. The third-order valence-corrected chi connectivity index (χ3v) is 4.29. The van der Waals surface area contributed by atoms with Crippen LogP contribution < -0.4 is 10.6 Å². The van der Waals surface area contributed by atoms with Gasteiger partial charge in [-0.2, -0.15) is 0 Å². The number of urea groups is 1. The molecule has 2 N–H and O–H groups in total. The number of benzene rings is 1. The Bertz CT molecular complexity index is 745. The van der Waals surface area contributed by atoms with Crippen molar-refractivity contribution in [1.29, 1.82) is 0 Å². The highest BCUT2D eigenvalue weighted by Gasteiger charge is 2.25. The Morgan fingerprint density at radius 2 is 2.00 bits per heavy atom. The molecule has 1 fully saturated rings. The fourth-order valence-electron chi connectivity index (χ4n) is 2.83. The molecule has 0 spiro atoms. The Kier molecular flexibility index (Phi) is 4.76. The van der Waals surface area contributed by atoms with Crippen LogP contribution in [0.15, 0.2) is 42.7 Å². The van der Waals surface area contributed by atoms with Gasteiger partial charge in [0, 0.05) is 43.5 Å². The quantitative estimate of drug-likeness (QED) is 0.897. The molecular formula is C17H19ClN4O2. The van der Waals surface area contributed by atoms with Gasteiger partial charge >= 0.3 is 6.03 Å². The summed E-state index contributed by atoms with van der Waals surface area (Å²) in [7, 11) is 0. The number of anilines is 1. The number of aromatic nitrogens is 1. The molecule has 3 rings (SSSR count). The maximum atomic E-state index is 12.3. The molecule has 0 saturated carbocycles. The van der Waals surface area contributed by atoms with Crippen molar-refractivity contribution in [2.24, 2.45) is 0 Å². The van der Waals surface area contributed by atoms with Gasteiger partial charge in [0.25, 0.3) is 0 Å². The van der Waals surface area contributed by atoms with Crippen molar-refractivity contribution >= 4 is 29.2 Å². The lowest BCUT2D eigenvalue weighted by Gasteiger charge is -2.17. The van der Waals surface area contributed by atoms with E-state index in [1.807, 2.05) is 29.1 Å². The maximum absolute atomic E-state index is 12.3. The summed E-state index contributed by atoms with van der Waals surface area (Å²) in [6, 6.07) is 8.78. The number of carbonyl (C=O) groups excluding carboxylic acids is 2. The fourth-order valence-corrected chi connectivity index (χ4v) is 2.99. The second-order valence-corrected chi connectivity index (χ2v) is 6.24. The molecular weight excluding hydrogens is 328 g/mol. The second kappa shape index (κ2) is 6.97. The number of nitrogens with one attached hydrogen (secondary N) is 2. The lowest BCUT2D eigenvalue weighted by Crippen LogP contribution is -2.40. The summed E-state index contributed by atoms with van der Waals surface area (Å²) in [6.45, 7) is 2.77. The number of hydrogen-bond donors (Lipinski definition) is 2. The zero-order valence-electron chi connectivity index (χ0n) is 13.3. The average Bonchev–Trinajstić information content (AvgIpc) is 3.20. The van der Waals surface area contributed by atoms with E-state index in [0.717, 1.165) is 12.1 Å². The minimum Gasteiger partial charge on any atom is -0.341 e. The van der Waals surface area contributed by atoms with E-state index in [2.05, 4.69) is 10.6 Å². The molecule has 6 nitrogen and oxygen atoms in total. The Hall–Kier alpha value is -2.47. The highest BCUT2D eigenvalue weighted by molar-refractivity contribution is 6.30. The van der Waals surface area contributed by atoms with Gasteiger partial charge in [-0.15, -0.1) is 0 Å². The minimum absolute atomic E-state index is 0.0313. The van der Waals surface area contributed by atoms with Crippen LogP contribution in [0.1, 0.15) is 13.3 Å². The van der Waals surface area contributed by atoms with Crippen LogP contribution in [0.2, 0.25) is 5.02 Å². The van der Waals surface area contributed by atoms with Gasteiger partial charge in [0.05, 0.1) is 11.4 Å². The van der Waals surface area contributed by atoms with E-state index in [4.69, 9.17) is 11.6 Å². The van der Waals surface area contributed by atoms with E-state index in [-0.39, 0.29) is 18.0 Å². The molecule has 1 aromatic heterocycles. The number of hydrogen-bond acceptors (Lipinski definition) is 2. The summed E-state index contributed by atoms with van der Waals surface area (Å²) in [6.07, 6.45) is 4.53. The fraction of sp³-hybridized carbons (Fsp3) is 0.294. The lowest BCUT2D eigenvalue weighted by atomic mass is 10.2. The monoisotopic (exact) mass is 346 g/mol. The molecule has 2 heterocycles. The van der Waals surface area contributed by atoms with Crippen LogP contribution in [-0.2, 0) is 4.79 Å². The first-order chi connectivity index (χ1) is 11.5. The lowest BCUT2D eigenvalue weighted by molar-refractivity contribution is -0.127. The molecule has 1 aliphatic heterocycles. The number of amides is 3.